The Morgan fingerprint density at radius 2 is 2.29 bits per heavy atom. The summed E-state index contributed by atoms with van der Waals surface area (Å²) in [4.78, 5) is 14.6. The highest BCUT2D eigenvalue weighted by Gasteiger charge is 2.10. The molecule has 0 aliphatic carbocycles. The molecule has 14 heavy (non-hydrogen) atoms. The van der Waals surface area contributed by atoms with Gasteiger partial charge in [0.05, 0.1) is 6.54 Å². The van der Waals surface area contributed by atoms with Gasteiger partial charge in [0, 0.05) is 18.3 Å². The smallest absolute Gasteiger partial charge is 0.222 e. The number of carbonyl (C=O) groups is 1. The van der Waals surface area contributed by atoms with Gasteiger partial charge in [0.15, 0.2) is 0 Å². The van der Waals surface area contributed by atoms with Crippen LogP contribution >= 0.6 is 11.3 Å². The zero-order valence-corrected chi connectivity index (χ0v) is 9.80. The van der Waals surface area contributed by atoms with Gasteiger partial charge in [-0.05, 0) is 17.4 Å². The molecule has 0 aromatic carbocycles. The molecule has 0 saturated carbocycles. The standard InChI is InChI=1S/C11H17NOS/c1-9(2)7-11(13)12(3)8-10-5-4-6-14-10/h4-6,9H,7-8H2,1-3H3. The van der Waals surface area contributed by atoms with Crippen LogP contribution in [-0.4, -0.2) is 17.9 Å². The lowest BCUT2D eigenvalue weighted by molar-refractivity contribution is -0.131. The molecule has 0 aliphatic heterocycles. The number of thiophene rings is 1. The minimum atomic E-state index is 0.230. The molecule has 1 amide bonds. The van der Waals surface area contributed by atoms with Crippen LogP contribution in [-0.2, 0) is 11.3 Å². The Bertz CT molecular complexity index is 279. The minimum Gasteiger partial charge on any atom is -0.341 e. The molecule has 0 bridgehead atoms. The predicted octanol–water partition coefficient (Wildman–Crippen LogP) is 2.75. The molecule has 2 nitrogen and oxygen atoms in total. The molecule has 0 spiro atoms. The lowest BCUT2D eigenvalue weighted by Crippen LogP contribution is -2.26. The number of carbonyl (C=O) groups excluding carboxylic acids is 1. The fourth-order valence-electron chi connectivity index (χ4n) is 1.23. The van der Waals surface area contributed by atoms with Gasteiger partial charge in [0.1, 0.15) is 0 Å². The summed E-state index contributed by atoms with van der Waals surface area (Å²) < 4.78 is 0. The first-order valence-electron chi connectivity index (χ1n) is 4.86. The van der Waals surface area contributed by atoms with E-state index in [1.165, 1.54) is 4.88 Å². The van der Waals surface area contributed by atoms with Gasteiger partial charge in [-0.2, -0.15) is 0 Å². The van der Waals surface area contributed by atoms with E-state index in [1.807, 2.05) is 18.5 Å². The summed E-state index contributed by atoms with van der Waals surface area (Å²) in [5, 5.41) is 2.04. The Hall–Kier alpha value is -0.830. The van der Waals surface area contributed by atoms with E-state index in [-0.39, 0.29) is 5.91 Å². The summed E-state index contributed by atoms with van der Waals surface area (Å²) in [6, 6.07) is 4.07. The van der Waals surface area contributed by atoms with E-state index in [9.17, 15) is 4.79 Å². The number of amides is 1. The molecule has 0 aliphatic rings. The molecule has 0 unspecified atom stereocenters. The molecule has 1 heterocycles. The Morgan fingerprint density at radius 1 is 1.57 bits per heavy atom. The number of hydrogen-bond acceptors (Lipinski definition) is 2. The average molecular weight is 211 g/mol. The normalized spacial score (nSPS) is 10.6. The highest BCUT2D eigenvalue weighted by Crippen LogP contribution is 2.12. The molecular weight excluding hydrogens is 194 g/mol. The second-order valence-electron chi connectivity index (χ2n) is 3.93. The maximum Gasteiger partial charge on any atom is 0.222 e. The van der Waals surface area contributed by atoms with Crippen molar-refractivity contribution in [2.24, 2.45) is 5.92 Å². The SMILES string of the molecule is CC(C)CC(=O)N(C)Cc1cccs1. The van der Waals surface area contributed by atoms with E-state index in [2.05, 4.69) is 19.9 Å². The largest absolute Gasteiger partial charge is 0.341 e. The molecule has 0 radical (unpaired) electrons. The first-order chi connectivity index (χ1) is 6.59. The maximum absolute atomic E-state index is 11.6. The van der Waals surface area contributed by atoms with Crippen LogP contribution in [0, 0.1) is 5.92 Å². The highest BCUT2D eigenvalue weighted by atomic mass is 32.1. The summed E-state index contributed by atoms with van der Waals surface area (Å²) in [7, 11) is 1.87. The highest BCUT2D eigenvalue weighted by molar-refractivity contribution is 7.09. The predicted molar refractivity (Wildman–Crippen MR) is 60.2 cm³/mol. The van der Waals surface area contributed by atoms with Crippen molar-refractivity contribution in [2.75, 3.05) is 7.05 Å². The molecule has 3 heteroatoms. The van der Waals surface area contributed by atoms with Crippen molar-refractivity contribution in [3.63, 3.8) is 0 Å². The van der Waals surface area contributed by atoms with Crippen molar-refractivity contribution in [3.8, 4) is 0 Å². The van der Waals surface area contributed by atoms with Crippen LogP contribution in [0.5, 0.6) is 0 Å². The zero-order valence-electron chi connectivity index (χ0n) is 8.99. The summed E-state index contributed by atoms with van der Waals surface area (Å²) in [6.45, 7) is 4.87. The van der Waals surface area contributed by atoms with Crippen LogP contribution in [0.3, 0.4) is 0 Å². The van der Waals surface area contributed by atoms with Crippen LogP contribution in [0.4, 0.5) is 0 Å². The van der Waals surface area contributed by atoms with E-state index in [0.29, 0.717) is 12.3 Å². The lowest BCUT2D eigenvalue weighted by Gasteiger charge is -2.17. The molecule has 1 aromatic heterocycles. The molecule has 78 valence electrons. The van der Waals surface area contributed by atoms with Gasteiger partial charge in [-0.25, -0.2) is 0 Å². The average Bonchev–Trinajstić information content (AvgIpc) is 2.55. The van der Waals surface area contributed by atoms with Crippen LogP contribution in [0.15, 0.2) is 17.5 Å². The van der Waals surface area contributed by atoms with Gasteiger partial charge in [-0.3, -0.25) is 4.79 Å². The van der Waals surface area contributed by atoms with E-state index >= 15 is 0 Å². The summed E-state index contributed by atoms with van der Waals surface area (Å²) in [6.07, 6.45) is 0.641. The molecule has 0 N–H and O–H groups in total. The monoisotopic (exact) mass is 211 g/mol. The van der Waals surface area contributed by atoms with E-state index < -0.39 is 0 Å². The lowest BCUT2D eigenvalue weighted by atomic mass is 10.1. The van der Waals surface area contributed by atoms with Gasteiger partial charge in [-0.1, -0.05) is 19.9 Å². The Kier molecular flexibility index (Phi) is 4.14. The molecule has 1 rings (SSSR count). The maximum atomic E-state index is 11.6. The van der Waals surface area contributed by atoms with E-state index in [0.717, 1.165) is 6.54 Å². The van der Waals surface area contributed by atoms with Gasteiger partial charge in [0.2, 0.25) is 5.91 Å². The van der Waals surface area contributed by atoms with Gasteiger partial charge in [-0.15, -0.1) is 11.3 Å². The van der Waals surface area contributed by atoms with Crippen molar-refractivity contribution in [1.82, 2.24) is 4.90 Å². The van der Waals surface area contributed by atoms with Crippen LogP contribution < -0.4 is 0 Å². The van der Waals surface area contributed by atoms with Crippen molar-refractivity contribution in [3.05, 3.63) is 22.4 Å². The van der Waals surface area contributed by atoms with Crippen molar-refractivity contribution in [1.29, 1.82) is 0 Å². The molecule has 0 atom stereocenters. The van der Waals surface area contributed by atoms with E-state index in [1.54, 1.807) is 16.2 Å². The second kappa shape index (κ2) is 5.15. The van der Waals surface area contributed by atoms with Crippen LogP contribution in [0.1, 0.15) is 25.1 Å². The van der Waals surface area contributed by atoms with E-state index in [4.69, 9.17) is 0 Å². The van der Waals surface area contributed by atoms with Gasteiger partial charge >= 0.3 is 0 Å². The Morgan fingerprint density at radius 3 is 2.79 bits per heavy atom. The van der Waals surface area contributed by atoms with Gasteiger partial charge in [0.25, 0.3) is 0 Å². The van der Waals surface area contributed by atoms with Crippen LogP contribution in [0.25, 0.3) is 0 Å². The number of rotatable bonds is 4. The Labute approximate surface area is 89.5 Å². The Balaban J connectivity index is 2.42. The number of nitrogens with zero attached hydrogens (tertiary/aromatic N) is 1. The second-order valence-corrected chi connectivity index (χ2v) is 4.96. The van der Waals surface area contributed by atoms with Gasteiger partial charge < -0.3 is 4.90 Å². The third-order valence-corrected chi connectivity index (χ3v) is 2.84. The fourth-order valence-corrected chi connectivity index (χ4v) is 1.99. The molecule has 1 aromatic rings. The first-order valence-corrected chi connectivity index (χ1v) is 5.74. The third kappa shape index (κ3) is 3.50. The fraction of sp³-hybridized carbons (Fsp3) is 0.545. The topological polar surface area (TPSA) is 20.3 Å². The third-order valence-electron chi connectivity index (χ3n) is 1.98. The van der Waals surface area contributed by atoms with Crippen LogP contribution in [0.2, 0.25) is 0 Å². The first kappa shape index (κ1) is 11.2. The quantitative estimate of drug-likeness (QED) is 0.750. The zero-order chi connectivity index (χ0) is 10.6. The van der Waals surface area contributed by atoms with Crippen molar-refractivity contribution < 1.29 is 4.79 Å². The molecule has 0 saturated heterocycles. The number of hydrogen-bond donors (Lipinski definition) is 0. The minimum absolute atomic E-state index is 0.230. The summed E-state index contributed by atoms with van der Waals surface area (Å²) in [5.41, 5.74) is 0. The summed E-state index contributed by atoms with van der Waals surface area (Å²) >= 11 is 1.69. The van der Waals surface area contributed by atoms with Crippen molar-refractivity contribution >= 4 is 17.2 Å². The molecular formula is C11H17NOS. The van der Waals surface area contributed by atoms with Crippen molar-refractivity contribution in [2.45, 2.75) is 26.8 Å². The summed E-state index contributed by atoms with van der Waals surface area (Å²) in [5.74, 6) is 0.668. The molecule has 0 fully saturated rings.